The van der Waals surface area contributed by atoms with Crippen LogP contribution in [0.1, 0.15) is 5.01 Å². The zero-order valence-corrected chi connectivity index (χ0v) is 16.6. The first-order valence-corrected chi connectivity index (χ1v) is 10.1. The van der Waals surface area contributed by atoms with Crippen LogP contribution in [0, 0.1) is 0 Å². The topological polar surface area (TPSA) is 56.6 Å². The largest absolute Gasteiger partial charge is 0.508 e. The molecule has 0 atom stereocenters. The Labute approximate surface area is 169 Å². The van der Waals surface area contributed by atoms with Crippen molar-refractivity contribution >= 4 is 56.7 Å². The molecule has 0 bridgehead atoms. The number of anilines is 1. The molecule has 0 saturated heterocycles. The van der Waals surface area contributed by atoms with Gasteiger partial charge in [-0.15, -0.1) is 11.3 Å². The van der Waals surface area contributed by atoms with E-state index in [1.165, 1.54) is 11.3 Å². The lowest BCUT2D eigenvalue weighted by Gasteiger charge is -2.12. The zero-order valence-electron chi connectivity index (χ0n) is 14.3. The van der Waals surface area contributed by atoms with Crippen LogP contribution in [0.4, 0.5) is 5.69 Å². The molecule has 4 rings (SSSR count). The fourth-order valence-corrected chi connectivity index (χ4v) is 4.78. The second-order valence-electron chi connectivity index (χ2n) is 5.91. The molecule has 2 aromatic carbocycles. The molecule has 27 heavy (non-hydrogen) atoms. The third kappa shape index (κ3) is 3.83. The SMILES string of the molecule is CN1/C(=C/C=C(Cl)/C=C/c2nc3ccc(O)cc3s2)Sc2cc(O)ccc21. The highest BCUT2D eigenvalue weighted by Crippen LogP contribution is 2.46. The van der Waals surface area contributed by atoms with Gasteiger partial charge in [-0.25, -0.2) is 4.98 Å². The van der Waals surface area contributed by atoms with Gasteiger partial charge < -0.3 is 15.1 Å². The normalized spacial score (nSPS) is 16.0. The number of phenols is 2. The van der Waals surface area contributed by atoms with Crippen molar-refractivity contribution < 1.29 is 10.2 Å². The summed E-state index contributed by atoms with van der Waals surface area (Å²) in [6.07, 6.45) is 7.44. The number of benzene rings is 2. The second kappa shape index (κ2) is 7.31. The number of aromatic nitrogens is 1. The van der Waals surface area contributed by atoms with Crippen molar-refractivity contribution in [3.8, 4) is 11.5 Å². The average Bonchev–Trinajstić information content (AvgIpc) is 3.18. The van der Waals surface area contributed by atoms with E-state index in [1.807, 2.05) is 31.3 Å². The van der Waals surface area contributed by atoms with E-state index in [0.29, 0.717) is 5.03 Å². The Morgan fingerprint density at radius 3 is 2.78 bits per heavy atom. The lowest BCUT2D eigenvalue weighted by molar-refractivity contribution is 0.474. The van der Waals surface area contributed by atoms with E-state index in [4.69, 9.17) is 11.6 Å². The summed E-state index contributed by atoms with van der Waals surface area (Å²) in [6, 6.07) is 10.5. The fourth-order valence-electron chi connectivity index (χ4n) is 2.67. The van der Waals surface area contributed by atoms with Crippen LogP contribution in [0.2, 0.25) is 0 Å². The summed E-state index contributed by atoms with van der Waals surface area (Å²) in [6.45, 7) is 0. The number of aromatic hydroxyl groups is 2. The molecule has 0 radical (unpaired) electrons. The van der Waals surface area contributed by atoms with Crippen molar-refractivity contribution in [3.63, 3.8) is 0 Å². The van der Waals surface area contributed by atoms with Crippen LogP contribution < -0.4 is 4.90 Å². The minimum absolute atomic E-state index is 0.235. The predicted molar refractivity (Wildman–Crippen MR) is 115 cm³/mol. The lowest BCUT2D eigenvalue weighted by Crippen LogP contribution is -2.08. The molecular weight excluding hydrogens is 400 g/mol. The second-order valence-corrected chi connectivity index (χ2v) is 8.47. The van der Waals surface area contributed by atoms with Gasteiger partial charge in [0.1, 0.15) is 16.5 Å². The number of halogens is 1. The first kappa shape index (κ1) is 18.0. The highest BCUT2D eigenvalue weighted by molar-refractivity contribution is 8.03. The van der Waals surface area contributed by atoms with E-state index in [1.54, 1.807) is 48.2 Å². The minimum atomic E-state index is 0.235. The van der Waals surface area contributed by atoms with Crippen molar-refractivity contribution in [1.82, 2.24) is 4.98 Å². The molecule has 0 saturated carbocycles. The van der Waals surface area contributed by atoms with Crippen LogP contribution in [0.3, 0.4) is 0 Å². The summed E-state index contributed by atoms with van der Waals surface area (Å²) < 4.78 is 0.932. The molecule has 1 aliphatic rings. The fraction of sp³-hybridized carbons (Fsp3) is 0.0500. The Morgan fingerprint density at radius 2 is 1.93 bits per heavy atom. The molecule has 0 spiro atoms. The number of fused-ring (bicyclic) bond motifs is 2. The van der Waals surface area contributed by atoms with Crippen molar-refractivity contribution in [2.75, 3.05) is 11.9 Å². The maximum Gasteiger partial charge on any atom is 0.117 e. The van der Waals surface area contributed by atoms with E-state index in [0.717, 1.165) is 30.8 Å². The Balaban J connectivity index is 1.50. The van der Waals surface area contributed by atoms with Crippen LogP contribution >= 0.6 is 34.7 Å². The standard InChI is InChI=1S/C20H15ClN2O2S2/c1-23-16-7-5-14(25)11-18(16)27-20(23)9-3-12(21)2-8-19-22-15-6-4-13(24)10-17(15)26-19/h2-11,24-25H,1H3/b8-2+,12-3-,20-9-. The average molecular weight is 415 g/mol. The molecule has 2 N–H and O–H groups in total. The van der Waals surface area contributed by atoms with Gasteiger partial charge in [-0.2, -0.15) is 0 Å². The number of rotatable bonds is 3. The molecule has 7 heteroatoms. The monoisotopic (exact) mass is 414 g/mol. The summed E-state index contributed by atoms with van der Waals surface area (Å²) >= 11 is 9.40. The van der Waals surface area contributed by atoms with Crippen LogP contribution in [-0.4, -0.2) is 22.2 Å². The maximum absolute atomic E-state index is 9.62. The summed E-state index contributed by atoms with van der Waals surface area (Å²) in [7, 11) is 1.98. The molecule has 0 aliphatic carbocycles. The third-order valence-corrected chi connectivity index (χ3v) is 6.41. The Morgan fingerprint density at radius 1 is 1.15 bits per heavy atom. The first-order chi connectivity index (χ1) is 13.0. The van der Waals surface area contributed by atoms with Crippen LogP contribution in [0.15, 0.2) is 69.6 Å². The molecular formula is C20H15ClN2O2S2. The smallest absolute Gasteiger partial charge is 0.117 e. The lowest BCUT2D eigenvalue weighted by atomic mass is 10.3. The quantitative estimate of drug-likeness (QED) is 0.520. The molecule has 2 heterocycles. The predicted octanol–water partition coefficient (Wildman–Crippen LogP) is 5.93. The Bertz CT molecular complexity index is 1120. The number of allylic oxidation sites excluding steroid dienone is 4. The van der Waals surface area contributed by atoms with E-state index < -0.39 is 0 Å². The number of thiazole rings is 1. The molecule has 3 aromatic rings. The number of hydrogen-bond donors (Lipinski definition) is 2. The highest BCUT2D eigenvalue weighted by Gasteiger charge is 2.21. The number of thioether (sulfide) groups is 1. The van der Waals surface area contributed by atoms with Gasteiger partial charge in [0.2, 0.25) is 0 Å². The molecule has 0 amide bonds. The molecule has 0 unspecified atom stereocenters. The van der Waals surface area contributed by atoms with Gasteiger partial charge in [0.05, 0.1) is 20.9 Å². The summed E-state index contributed by atoms with van der Waals surface area (Å²) in [5.74, 6) is 0.496. The first-order valence-electron chi connectivity index (χ1n) is 8.09. The molecule has 0 fully saturated rings. The van der Waals surface area contributed by atoms with Gasteiger partial charge in [-0.3, -0.25) is 0 Å². The van der Waals surface area contributed by atoms with Crippen molar-refractivity contribution in [2.24, 2.45) is 0 Å². The van der Waals surface area contributed by atoms with Gasteiger partial charge in [-0.05, 0) is 60.7 Å². The van der Waals surface area contributed by atoms with E-state index in [-0.39, 0.29) is 11.5 Å². The molecule has 1 aliphatic heterocycles. The van der Waals surface area contributed by atoms with Crippen molar-refractivity contribution in [1.29, 1.82) is 0 Å². The van der Waals surface area contributed by atoms with Gasteiger partial charge >= 0.3 is 0 Å². The zero-order chi connectivity index (χ0) is 19.0. The van der Waals surface area contributed by atoms with E-state index in [2.05, 4.69) is 9.88 Å². The number of phenolic OH excluding ortho intramolecular Hbond substituents is 2. The van der Waals surface area contributed by atoms with E-state index in [9.17, 15) is 10.2 Å². The Kier molecular flexibility index (Phi) is 4.86. The van der Waals surface area contributed by atoms with E-state index >= 15 is 0 Å². The molecule has 1 aromatic heterocycles. The minimum Gasteiger partial charge on any atom is -0.508 e. The van der Waals surface area contributed by atoms with Crippen LogP contribution in [-0.2, 0) is 0 Å². The van der Waals surface area contributed by atoms with Gasteiger partial charge in [0.25, 0.3) is 0 Å². The summed E-state index contributed by atoms with van der Waals surface area (Å²) in [5, 5.41) is 21.6. The van der Waals surface area contributed by atoms with Crippen molar-refractivity contribution in [3.05, 3.63) is 69.7 Å². The maximum atomic E-state index is 9.62. The van der Waals surface area contributed by atoms with Gasteiger partial charge in [-0.1, -0.05) is 23.4 Å². The number of nitrogens with zero attached hydrogens (tertiary/aromatic N) is 2. The number of hydrogen-bond acceptors (Lipinski definition) is 6. The van der Waals surface area contributed by atoms with Crippen LogP contribution in [0.5, 0.6) is 11.5 Å². The van der Waals surface area contributed by atoms with Gasteiger partial charge in [0, 0.05) is 17.0 Å². The van der Waals surface area contributed by atoms with Gasteiger partial charge in [0.15, 0.2) is 0 Å². The highest BCUT2D eigenvalue weighted by atomic mass is 35.5. The third-order valence-electron chi connectivity index (χ3n) is 4.01. The Hall–Kier alpha value is -2.41. The van der Waals surface area contributed by atoms with Crippen LogP contribution in [0.25, 0.3) is 16.3 Å². The molecule has 136 valence electrons. The van der Waals surface area contributed by atoms with Crippen molar-refractivity contribution in [2.45, 2.75) is 4.90 Å². The summed E-state index contributed by atoms with van der Waals surface area (Å²) in [5.41, 5.74) is 1.91. The molecule has 4 nitrogen and oxygen atoms in total. The summed E-state index contributed by atoms with van der Waals surface area (Å²) in [4.78, 5) is 7.57.